The molecule has 0 radical (unpaired) electrons. The van der Waals surface area contributed by atoms with Gasteiger partial charge in [-0.15, -0.1) is 0 Å². The summed E-state index contributed by atoms with van der Waals surface area (Å²) in [4.78, 5) is 11.2. The molecule has 0 aromatic rings. The van der Waals surface area contributed by atoms with Gasteiger partial charge in [-0.05, 0) is 32.0 Å². The Morgan fingerprint density at radius 3 is 2.30 bits per heavy atom. The monoisotopic (exact) mass is 302 g/mol. The van der Waals surface area contributed by atoms with Gasteiger partial charge in [-0.25, -0.2) is 0 Å². The second-order valence-electron chi connectivity index (χ2n) is 7.55. The second-order valence-corrected chi connectivity index (χ2v) is 12.3. The molecule has 0 unspecified atom stereocenters. The molecule has 6 heteroatoms. The molecule has 4 atom stereocenters. The fourth-order valence-electron chi connectivity index (χ4n) is 2.26. The predicted octanol–water partition coefficient (Wildman–Crippen LogP) is 2.45. The third kappa shape index (κ3) is 2.85. The average Bonchev–Trinajstić information content (AvgIpc) is 2.70. The molecule has 0 N–H and O–H groups in total. The highest BCUT2D eigenvalue weighted by Crippen LogP contribution is 2.43. The van der Waals surface area contributed by atoms with Gasteiger partial charge >= 0.3 is 0 Å². The van der Waals surface area contributed by atoms with Crippen molar-refractivity contribution in [1.29, 1.82) is 0 Å². The lowest BCUT2D eigenvalue weighted by Crippen LogP contribution is -2.50. The van der Waals surface area contributed by atoms with Gasteiger partial charge in [0.05, 0.1) is 0 Å². The van der Waals surface area contributed by atoms with Gasteiger partial charge in [0.1, 0.15) is 18.3 Å². The Morgan fingerprint density at radius 1 is 1.20 bits per heavy atom. The molecule has 0 aliphatic carbocycles. The Bertz CT molecular complexity index is 388. The van der Waals surface area contributed by atoms with E-state index in [4.69, 9.17) is 18.6 Å². The fraction of sp³-hybridized carbons (Fsp3) is 0.929. The highest BCUT2D eigenvalue weighted by atomic mass is 28.4. The van der Waals surface area contributed by atoms with Crippen LogP contribution in [-0.2, 0) is 23.4 Å². The largest absolute Gasteiger partial charge is 0.408 e. The zero-order chi connectivity index (χ0) is 15.3. The van der Waals surface area contributed by atoms with E-state index in [0.29, 0.717) is 0 Å². The third-order valence-corrected chi connectivity index (χ3v) is 8.87. The van der Waals surface area contributed by atoms with Gasteiger partial charge in [0.25, 0.3) is 0 Å². The van der Waals surface area contributed by atoms with Crippen molar-refractivity contribution in [3.63, 3.8) is 0 Å². The summed E-state index contributed by atoms with van der Waals surface area (Å²) < 4.78 is 23.5. The Balaban J connectivity index is 2.18. The molecule has 2 aliphatic rings. The van der Waals surface area contributed by atoms with Crippen LogP contribution in [0.15, 0.2) is 0 Å². The van der Waals surface area contributed by atoms with Crippen LogP contribution in [0.1, 0.15) is 34.6 Å². The van der Waals surface area contributed by atoms with Gasteiger partial charge in [-0.2, -0.15) is 0 Å². The minimum Gasteiger partial charge on any atom is -0.408 e. The van der Waals surface area contributed by atoms with Crippen molar-refractivity contribution in [3.8, 4) is 0 Å². The highest BCUT2D eigenvalue weighted by molar-refractivity contribution is 6.74. The first-order valence-corrected chi connectivity index (χ1v) is 10.0. The van der Waals surface area contributed by atoms with Gasteiger partial charge < -0.3 is 23.4 Å². The molecule has 2 fully saturated rings. The van der Waals surface area contributed by atoms with Crippen molar-refractivity contribution in [2.75, 3.05) is 0 Å². The van der Waals surface area contributed by atoms with Crippen molar-refractivity contribution in [2.45, 2.75) is 83.1 Å². The number of fused-ring (bicyclic) bond motifs is 1. The summed E-state index contributed by atoms with van der Waals surface area (Å²) in [5, 5.41) is 0.0630. The molecule has 116 valence electrons. The number of ether oxygens (including phenoxy) is 3. The molecule has 2 heterocycles. The van der Waals surface area contributed by atoms with Crippen LogP contribution in [0.5, 0.6) is 0 Å². The molecule has 20 heavy (non-hydrogen) atoms. The van der Waals surface area contributed by atoms with Crippen molar-refractivity contribution in [2.24, 2.45) is 0 Å². The minimum atomic E-state index is -2.01. The smallest absolute Gasteiger partial charge is 0.192 e. The highest BCUT2D eigenvalue weighted by Gasteiger charge is 2.57. The molecule has 5 nitrogen and oxygen atoms in total. The molecule has 0 aromatic heterocycles. The molecule has 0 amide bonds. The summed E-state index contributed by atoms with van der Waals surface area (Å²) in [7, 11) is -2.01. The van der Waals surface area contributed by atoms with Gasteiger partial charge in [0.15, 0.2) is 26.7 Å². The van der Waals surface area contributed by atoms with E-state index < -0.39 is 26.5 Å². The first-order chi connectivity index (χ1) is 8.97. The Morgan fingerprint density at radius 2 is 1.80 bits per heavy atom. The molecule has 0 bridgehead atoms. The summed E-state index contributed by atoms with van der Waals surface area (Å²) in [5.74, 6) is -0.696. The maximum absolute atomic E-state index is 11.2. The zero-order valence-electron chi connectivity index (χ0n) is 13.4. The van der Waals surface area contributed by atoms with Crippen molar-refractivity contribution in [1.82, 2.24) is 0 Å². The van der Waals surface area contributed by atoms with E-state index in [1.165, 1.54) is 0 Å². The van der Waals surface area contributed by atoms with E-state index in [1.54, 1.807) is 0 Å². The van der Waals surface area contributed by atoms with Crippen LogP contribution in [0.4, 0.5) is 0 Å². The number of rotatable bonds is 3. The minimum absolute atomic E-state index is 0.0630. The number of aldehydes is 1. The van der Waals surface area contributed by atoms with E-state index >= 15 is 0 Å². The van der Waals surface area contributed by atoms with E-state index in [0.717, 1.165) is 6.29 Å². The fourth-order valence-corrected chi connectivity index (χ4v) is 3.57. The van der Waals surface area contributed by atoms with Crippen molar-refractivity contribution < 1.29 is 23.4 Å². The standard InChI is InChI=1S/C14H26O5Si/c1-13(2,3)20(6,7)19-10-9(8-15)16-12-11(10)17-14(4,5)18-12/h8-12H,1-7H3/t9-,10-,11-,12-/m1/s1. The molecule has 2 aliphatic heterocycles. The molecular formula is C14H26O5Si. The summed E-state index contributed by atoms with van der Waals surface area (Å²) >= 11 is 0. The van der Waals surface area contributed by atoms with Gasteiger partial charge in [-0.3, -0.25) is 0 Å². The first kappa shape index (κ1) is 16.1. The van der Waals surface area contributed by atoms with Gasteiger partial charge in [0.2, 0.25) is 0 Å². The Labute approximate surface area is 122 Å². The van der Waals surface area contributed by atoms with E-state index in [1.807, 2.05) is 13.8 Å². The molecular weight excluding hydrogens is 276 g/mol. The van der Waals surface area contributed by atoms with E-state index in [-0.39, 0.29) is 17.2 Å². The maximum atomic E-state index is 11.2. The quantitative estimate of drug-likeness (QED) is 0.592. The maximum Gasteiger partial charge on any atom is 0.192 e. The van der Waals surface area contributed by atoms with Crippen LogP contribution in [0.3, 0.4) is 0 Å². The molecule has 2 saturated heterocycles. The SMILES string of the molecule is CC1(C)O[C@H]2O[C@H](C=O)[C@@H](O[Si](C)(C)C(C)(C)C)[C@H]2O1. The lowest BCUT2D eigenvalue weighted by molar-refractivity contribution is -0.211. The molecule has 0 saturated carbocycles. The Kier molecular flexibility index (Phi) is 3.93. The van der Waals surface area contributed by atoms with Crippen LogP contribution < -0.4 is 0 Å². The van der Waals surface area contributed by atoms with Crippen LogP contribution in [0, 0.1) is 0 Å². The topological polar surface area (TPSA) is 54.0 Å². The first-order valence-electron chi connectivity index (χ1n) is 7.11. The van der Waals surface area contributed by atoms with Crippen LogP contribution >= 0.6 is 0 Å². The van der Waals surface area contributed by atoms with Crippen molar-refractivity contribution >= 4 is 14.6 Å². The summed E-state index contributed by atoms with van der Waals surface area (Å²) in [5.41, 5.74) is 0. The van der Waals surface area contributed by atoms with Crippen LogP contribution in [0.25, 0.3) is 0 Å². The summed E-state index contributed by atoms with van der Waals surface area (Å²) in [6.07, 6.45) is -1.07. The molecule has 2 rings (SSSR count). The third-order valence-electron chi connectivity index (χ3n) is 4.40. The second kappa shape index (κ2) is 4.88. The number of carbonyl (C=O) groups excluding carboxylic acids is 1. The van der Waals surface area contributed by atoms with E-state index in [2.05, 4.69) is 33.9 Å². The number of carbonyl (C=O) groups is 1. The van der Waals surface area contributed by atoms with Crippen molar-refractivity contribution in [3.05, 3.63) is 0 Å². The normalized spacial score (nSPS) is 37.0. The number of hydrogen-bond acceptors (Lipinski definition) is 5. The molecule has 0 aromatic carbocycles. The van der Waals surface area contributed by atoms with E-state index in [9.17, 15) is 4.79 Å². The van der Waals surface area contributed by atoms with Gasteiger partial charge in [-0.1, -0.05) is 20.8 Å². The lowest BCUT2D eigenvalue weighted by Gasteiger charge is -2.39. The predicted molar refractivity (Wildman–Crippen MR) is 76.8 cm³/mol. The molecule has 0 spiro atoms. The van der Waals surface area contributed by atoms with Crippen LogP contribution in [-0.4, -0.2) is 45.0 Å². The summed E-state index contributed by atoms with van der Waals surface area (Å²) in [6, 6.07) is 0. The average molecular weight is 302 g/mol. The van der Waals surface area contributed by atoms with Crippen LogP contribution in [0.2, 0.25) is 18.1 Å². The van der Waals surface area contributed by atoms with Gasteiger partial charge in [0, 0.05) is 0 Å². The number of hydrogen-bond donors (Lipinski definition) is 0. The Hall–Kier alpha value is -0.273. The zero-order valence-corrected chi connectivity index (χ0v) is 14.4. The summed E-state index contributed by atoms with van der Waals surface area (Å²) in [6.45, 7) is 14.5. The lowest BCUT2D eigenvalue weighted by atomic mass is 10.1.